The number of nitriles is 1. The molecule has 1 saturated heterocycles. The normalized spacial score (nSPS) is 17.4. The highest BCUT2D eigenvalue weighted by Gasteiger charge is 2.34. The lowest BCUT2D eigenvalue weighted by Gasteiger charge is -2.44. The molecule has 0 saturated carbocycles. The Balaban J connectivity index is 1.83. The van der Waals surface area contributed by atoms with Crippen molar-refractivity contribution in [3.05, 3.63) is 42.2 Å². The van der Waals surface area contributed by atoms with Gasteiger partial charge < -0.3 is 9.64 Å². The molecule has 1 unspecified atom stereocenters. The van der Waals surface area contributed by atoms with E-state index in [1.807, 2.05) is 30.0 Å². The molecule has 1 N–H and O–H groups in total. The predicted molar refractivity (Wildman–Crippen MR) is 152 cm³/mol. The van der Waals surface area contributed by atoms with Crippen LogP contribution in [-0.4, -0.2) is 54.8 Å². The second-order valence-electron chi connectivity index (χ2n) is 10.0. The molecule has 1 atom stereocenters. The summed E-state index contributed by atoms with van der Waals surface area (Å²) in [7, 11) is -2.08. The molecule has 8 nitrogen and oxygen atoms in total. The smallest absolute Gasteiger partial charge is 0.238 e. The summed E-state index contributed by atoms with van der Waals surface area (Å²) in [6.45, 7) is 8.45. The minimum Gasteiger partial charge on any atom is -0.480 e. The third-order valence-corrected chi connectivity index (χ3v) is 8.39. The lowest BCUT2D eigenvalue weighted by atomic mass is 10.0. The van der Waals surface area contributed by atoms with Gasteiger partial charge >= 0.3 is 0 Å². The maximum absolute atomic E-state index is 11.9. The zero-order chi connectivity index (χ0) is 26.8. The highest BCUT2D eigenvalue weighted by atomic mass is 32.2. The minimum absolute atomic E-state index is 0.0444. The van der Waals surface area contributed by atoms with E-state index in [0.29, 0.717) is 10.8 Å². The summed E-state index contributed by atoms with van der Waals surface area (Å²) in [5, 5.41) is 11.4. The number of anilines is 2. The molecule has 1 fully saturated rings. The Morgan fingerprint density at radius 2 is 2.03 bits per heavy atom. The highest BCUT2D eigenvalue weighted by molar-refractivity contribution is 8.01. The first kappa shape index (κ1) is 27.0. The predicted octanol–water partition coefficient (Wildman–Crippen LogP) is 5.44. The summed E-state index contributed by atoms with van der Waals surface area (Å²) in [5.74, 6) is 0.190. The fourth-order valence-electron chi connectivity index (χ4n) is 4.87. The van der Waals surface area contributed by atoms with E-state index in [0.717, 1.165) is 59.9 Å². The second-order valence-corrected chi connectivity index (χ2v) is 13.8. The van der Waals surface area contributed by atoms with Gasteiger partial charge in [-0.05, 0) is 44.0 Å². The van der Waals surface area contributed by atoms with Crippen LogP contribution in [0.3, 0.4) is 0 Å². The van der Waals surface area contributed by atoms with E-state index < -0.39 is 10.0 Å². The molecule has 0 radical (unpaired) electrons. The monoisotopic (exact) mass is 539 g/mol. The molecule has 1 aliphatic heterocycles. The van der Waals surface area contributed by atoms with E-state index >= 15 is 0 Å². The van der Waals surface area contributed by atoms with Crippen LogP contribution in [-0.2, 0) is 10.0 Å². The standard InChI is InChI=1S/C27H33N5O3S2/c1-6-7-8-21-16-32(17-27(2,3)36-21)25-20(13-28)15-29-23-10-9-18(11-22(23)25)19-12-24(31-37(5,33)34)26(35-4)30-14-19/h9-12,14-15,21,31H,6-8,16-17H2,1-5H3. The molecular formula is C27H33N5O3S2. The van der Waals surface area contributed by atoms with Crippen molar-refractivity contribution in [1.29, 1.82) is 5.26 Å². The van der Waals surface area contributed by atoms with Crippen molar-refractivity contribution >= 4 is 44.1 Å². The van der Waals surface area contributed by atoms with Gasteiger partial charge in [-0.3, -0.25) is 9.71 Å². The second kappa shape index (κ2) is 10.8. The molecule has 0 amide bonds. The number of benzene rings is 1. The average molecular weight is 540 g/mol. The molecule has 10 heteroatoms. The Hall–Kier alpha value is -3.03. The van der Waals surface area contributed by atoms with E-state index in [-0.39, 0.29) is 16.3 Å². The van der Waals surface area contributed by atoms with Gasteiger partial charge in [-0.15, -0.1) is 11.8 Å². The van der Waals surface area contributed by atoms with Crippen LogP contribution in [0, 0.1) is 11.3 Å². The van der Waals surface area contributed by atoms with E-state index in [9.17, 15) is 13.7 Å². The Bertz CT molecular complexity index is 1450. The number of rotatable bonds is 8. The third kappa shape index (κ3) is 6.28. The van der Waals surface area contributed by atoms with E-state index in [4.69, 9.17) is 4.74 Å². The van der Waals surface area contributed by atoms with Crippen LogP contribution in [0.1, 0.15) is 45.6 Å². The molecule has 196 valence electrons. The number of nitrogens with zero attached hydrogens (tertiary/aromatic N) is 4. The van der Waals surface area contributed by atoms with Crippen molar-refractivity contribution in [2.24, 2.45) is 0 Å². The molecule has 0 spiro atoms. The van der Waals surface area contributed by atoms with Crippen molar-refractivity contribution in [3.8, 4) is 23.1 Å². The van der Waals surface area contributed by atoms with E-state index in [1.54, 1.807) is 18.5 Å². The fourth-order valence-corrected chi connectivity index (χ4v) is 7.09. The van der Waals surface area contributed by atoms with Gasteiger partial charge in [0, 0.05) is 46.4 Å². The van der Waals surface area contributed by atoms with Crippen LogP contribution < -0.4 is 14.4 Å². The summed E-state index contributed by atoms with van der Waals surface area (Å²) in [4.78, 5) is 11.2. The molecule has 1 aliphatic rings. The SMILES string of the molecule is CCCCC1CN(c2c(C#N)cnc3ccc(-c4cnc(OC)c(NS(C)(=O)=O)c4)cc23)CC(C)(C)S1. The van der Waals surface area contributed by atoms with Gasteiger partial charge in [0.1, 0.15) is 11.8 Å². The van der Waals surface area contributed by atoms with Gasteiger partial charge in [0.25, 0.3) is 0 Å². The molecule has 2 aromatic heterocycles. The fraction of sp³-hybridized carbons (Fsp3) is 0.444. The van der Waals surface area contributed by atoms with Crippen LogP contribution in [0.2, 0.25) is 0 Å². The molecule has 1 aromatic carbocycles. The van der Waals surface area contributed by atoms with Crippen molar-refractivity contribution in [2.75, 3.05) is 36.1 Å². The number of pyridine rings is 2. The topological polar surface area (TPSA) is 108 Å². The number of sulfonamides is 1. The Morgan fingerprint density at radius 3 is 2.70 bits per heavy atom. The number of ether oxygens (including phenoxy) is 1. The van der Waals surface area contributed by atoms with Gasteiger partial charge in [0.2, 0.25) is 15.9 Å². The molecule has 4 rings (SSSR count). The van der Waals surface area contributed by atoms with Crippen molar-refractivity contribution in [1.82, 2.24) is 9.97 Å². The molecule has 37 heavy (non-hydrogen) atoms. The van der Waals surface area contributed by atoms with Crippen LogP contribution in [0.5, 0.6) is 5.88 Å². The van der Waals surface area contributed by atoms with Crippen molar-refractivity contribution in [3.63, 3.8) is 0 Å². The number of methoxy groups -OCH3 is 1. The summed E-state index contributed by atoms with van der Waals surface area (Å²) in [6.07, 6.45) is 7.89. The molecule has 0 bridgehead atoms. The highest BCUT2D eigenvalue weighted by Crippen LogP contribution is 2.42. The number of hydrogen-bond acceptors (Lipinski definition) is 8. The number of aromatic nitrogens is 2. The Labute approximate surface area is 223 Å². The van der Waals surface area contributed by atoms with Crippen LogP contribution in [0.15, 0.2) is 36.7 Å². The third-order valence-electron chi connectivity index (χ3n) is 6.31. The number of unbranched alkanes of at least 4 members (excludes halogenated alkanes) is 1. The molecular weight excluding hydrogens is 506 g/mol. The van der Waals surface area contributed by atoms with Crippen LogP contribution in [0.25, 0.3) is 22.0 Å². The van der Waals surface area contributed by atoms with E-state index in [2.05, 4.69) is 46.4 Å². The molecule has 3 heterocycles. The number of fused-ring (bicyclic) bond motifs is 1. The average Bonchev–Trinajstić information content (AvgIpc) is 2.84. The lowest BCUT2D eigenvalue weighted by Crippen LogP contribution is -2.47. The number of nitrogens with one attached hydrogen (secondary N) is 1. The largest absolute Gasteiger partial charge is 0.480 e. The minimum atomic E-state index is -3.52. The van der Waals surface area contributed by atoms with Crippen LogP contribution in [0.4, 0.5) is 11.4 Å². The summed E-state index contributed by atoms with van der Waals surface area (Å²) < 4.78 is 31.5. The molecule has 3 aromatic rings. The first-order valence-electron chi connectivity index (χ1n) is 12.3. The number of hydrogen-bond donors (Lipinski definition) is 1. The van der Waals surface area contributed by atoms with Gasteiger partial charge in [-0.2, -0.15) is 5.26 Å². The van der Waals surface area contributed by atoms with Gasteiger partial charge in [0.05, 0.1) is 30.1 Å². The first-order valence-corrected chi connectivity index (χ1v) is 15.1. The van der Waals surface area contributed by atoms with Gasteiger partial charge in [-0.1, -0.05) is 25.8 Å². The van der Waals surface area contributed by atoms with E-state index in [1.165, 1.54) is 13.5 Å². The quantitative estimate of drug-likeness (QED) is 0.403. The Morgan fingerprint density at radius 1 is 1.24 bits per heavy atom. The van der Waals surface area contributed by atoms with Gasteiger partial charge in [-0.25, -0.2) is 13.4 Å². The van der Waals surface area contributed by atoms with Gasteiger partial charge in [0.15, 0.2) is 0 Å². The zero-order valence-electron chi connectivity index (χ0n) is 21.9. The first-order chi connectivity index (χ1) is 17.5. The summed E-state index contributed by atoms with van der Waals surface area (Å²) in [5.41, 5.74) is 4.08. The summed E-state index contributed by atoms with van der Waals surface area (Å²) in [6, 6.07) is 9.95. The maximum Gasteiger partial charge on any atom is 0.238 e. The lowest BCUT2D eigenvalue weighted by molar-refractivity contribution is 0.400. The maximum atomic E-state index is 11.9. The number of thioether (sulfide) groups is 1. The Kier molecular flexibility index (Phi) is 7.85. The van der Waals surface area contributed by atoms with Crippen molar-refractivity contribution in [2.45, 2.75) is 50.0 Å². The molecule has 0 aliphatic carbocycles. The van der Waals surface area contributed by atoms with Crippen LogP contribution >= 0.6 is 11.8 Å². The van der Waals surface area contributed by atoms with Crippen molar-refractivity contribution < 1.29 is 13.2 Å². The summed E-state index contributed by atoms with van der Waals surface area (Å²) >= 11 is 2.04. The zero-order valence-corrected chi connectivity index (χ0v) is 23.5.